The van der Waals surface area contributed by atoms with Gasteiger partial charge in [-0.3, -0.25) is 4.79 Å². The molecule has 0 aromatic heterocycles. The van der Waals surface area contributed by atoms with Gasteiger partial charge in [-0.1, -0.05) is 73.1 Å². The van der Waals surface area contributed by atoms with Crippen molar-refractivity contribution in [2.45, 2.75) is 25.2 Å². The second-order valence-corrected chi connectivity index (χ2v) is 7.90. The molecule has 0 N–H and O–H groups in total. The monoisotopic (exact) mass is 375 g/mol. The van der Waals surface area contributed by atoms with Gasteiger partial charge < -0.3 is 4.90 Å². The molecule has 1 amide bonds. The topological polar surface area (TPSA) is 20.3 Å². The third-order valence-electron chi connectivity index (χ3n) is 5.52. The van der Waals surface area contributed by atoms with Gasteiger partial charge in [0, 0.05) is 29.1 Å². The van der Waals surface area contributed by atoms with E-state index in [2.05, 4.69) is 31.2 Å². The van der Waals surface area contributed by atoms with Crippen LogP contribution < -0.4 is 4.90 Å². The molecule has 1 fully saturated rings. The lowest BCUT2D eigenvalue weighted by Gasteiger charge is -2.39. The smallest absolute Gasteiger partial charge is 0.227 e. The van der Waals surface area contributed by atoms with Crippen molar-refractivity contribution in [3.63, 3.8) is 0 Å². The summed E-state index contributed by atoms with van der Waals surface area (Å²) in [6.07, 6.45) is 1.47. The first-order valence-corrected chi connectivity index (χ1v) is 9.65. The molecule has 3 heteroatoms. The molecule has 0 saturated carbocycles. The van der Waals surface area contributed by atoms with Gasteiger partial charge in [-0.15, -0.1) is 0 Å². The minimum Gasteiger partial charge on any atom is -0.312 e. The van der Waals surface area contributed by atoms with Crippen LogP contribution in [0.1, 0.15) is 25.3 Å². The number of halogens is 1. The van der Waals surface area contributed by atoms with E-state index >= 15 is 0 Å². The summed E-state index contributed by atoms with van der Waals surface area (Å²) in [7, 11) is 0. The van der Waals surface area contributed by atoms with Crippen molar-refractivity contribution in [3.05, 3.63) is 89.4 Å². The standard InChI is InChI=1S/C24H22ClNO/c1-24(20-9-3-2-4-10-20)13-14-26(23(27)17-24)22-12-6-8-19(16-22)18-7-5-11-21(25)15-18/h2-12,15-16H,13-14,17H2,1H3. The fraction of sp³-hybridized carbons (Fsp3) is 0.208. The molecule has 1 saturated heterocycles. The molecule has 0 aliphatic carbocycles. The summed E-state index contributed by atoms with van der Waals surface area (Å²) < 4.78 is 0. The van der Waals surface area contributed by atoms with Gasteiger partial charge in [0.15, 0.2) is 0 Å². The number of benzene rings is 3. The normalized spacial score (nSPS) is 19.9. The summed E-state index contributed by atoms with van der Waals surface area (Å²) in [5.74, 6) is 0.177. The first kappa shape index (κ1) is 17.8. The number of nitrogens with zero attached hydrogens (tertiary/aromatic N) is 1. The molecule has 27 heavy (non-hydrogen) atoms. The van der Waals surface area contributed by atoms with Crippen LogP contribution >= 0.6 is 11.6 Å². The van der Waals surface area contributed by atoms with E-state index in [0.717, 1.165) is 29.8 Å². The van der Waals surface area contributed by atoms with E-state index in [1.807, 2.05) is 59.5 Å². The highest BCUT2D eigenvalue weighted by atomic mass is 35.5. The van der Waals surface area contributed by atoms with Gasteiger partial charge in [-0.05, 0) is 47.4 Å². The molecule has 4 rings (SSSR count). The third kappa shape index (κ3) is 3.63. The Morgan fingerprint density at radius 2 is 1.59 bits per heavy atom. The molecule has 3 aromatic rings. The zero-order valence-electron chi connectivity index (χ0n) is 15.4. The van der Waals surface area contributed by atoms with E-state index in [9.17, 15) is 4.79 Å². The summed E-state index contributed by atoms with van der Waals surface area (Å²) in [4.78, 5) is 14.9. The fourth-order valence-corrected chi connectivity index (χ4v) is 4.07. The number of anilines is 1. The van der Waals surface area contributed by atoms with Crippen LogP contribution in [0.5, 0.6) is 0 Å². The molecule has 2 nitrogen and oxygen atoms in total. The number of rotatable bonds is 3. The molecule has 1 atom stereocenters. The lowest BCUT2D eigenvalue weighted by atomic mass is 9.74. The van der Waals surface area contributed by atoms with Gasteiger partial charge in [0.25, 0.3) is 0 Å². The molecular formula is C24H22ClNO. The van der Waals surface area contributed by atoms with Gasteiger partial charge in [0.05, 0.1) is 0 Å². The van der Waals surface area contributed by atoms with Crippen molar-refractivity contribution >= 4 is 23.2 Å². The zero-order valence-corrected chi connectivity index (χ0v) is 16.1. The van der Waals surface area contributed by atoms with E-state index in [4.69, 9.17) is 11.6 Å². The van der Waals surface area contributed by atoms with E-state index in [-0.39, 0.29) is 11.3 Å². The highest BCUT2D eigenvalue weighted by Gasteiger charge is 2.36. The molecule has 0 radical (unpaired) electrons. The molecule has 136 valence electrons. The Bertz CT molecular complexity index is 969. The van der Waals surface area contributed by atoms with Crippen LogP contribution in [0.4, 0.5) is 5.69 Å². The highest BCUT2D eigenvalue weighted by Crippen LogP contribution is 2.37. The first-order valence-electron chi connectivity index (χ1n) is 9.27. The van der Waals surface area contributed by atoms with Crippen LogP contribution in [0, 0.1) is 0 Å². The van der Waals surface area contributed by atoms with Crippen molar-refractivity contribution in [1.29, 1.82) is 0 Å². The molecule has 3 aromatic carbocycles. The summed E-state index contributed by atoms with van der Waals surface area (Å²) in [6.45, 7) is 2.92. The Balaban J connectivity index is 1.59. The maximum absolute atomic E-state index is 13.0. The van der Waals surface area contributed by atoms with E-state index in [1.54, 1.807) is 0 Å². The van der Waals surface area contributed by atoms with Crippen LogP contribution in [-0.2, 0) is 10.2 Å². The molecule has 1 heterocycles. The Morgan fingerprint density at radius 1 is 0.889 bits per heavy atom. The SMILES string of the molecule is CC1(c2ccccc2)CCN(c2cccc(-c3cccc(Cl)c3)c2)C(=O)C1. The number of amides is 1. The van der Waals surface area contributed by atoms with Crippen molar-refractivity contribution in [2.75, 3.05) is 11.4 Å². The molecule has 1 aliphatic heterocycles. The van der Waals surface area contributed by atoms with E-state index in [1.165, 1.54) is 5.56 Å². The number of carbonyl (C=O) groups is 1. The average molecular weight is 376 g/mol. The minimum absolute atomic E-state index is 0.0978. The molecule has 1 aliphatic rings. The Hall–Kier alpha value is -2.58. The maximum Gasteiger partial charge on any atom is 0.227 e. The summed E-state index contributed by atoms with van der Waals surface area (Å²) in [5, 5.41) is 0.713. The number of hydrogen-bond donors (Lipinski definition) is 0. The molecule has 1 unspecified atom stereocenters. The minimum atomic E-state index is -0.0978. The summed E-state index contributed by atoms with van der Waals surface area (Å²) >= 11 is 6.13. The lowest BCUT2D eigenvalue weighted by molar-refractivity contribution is -0.121. The fourth-order valence-electron chi connectivity index (χ4n) is 3.88. The molecule has 0 spiro atoms. The van der Waals surface area contributed by atoms with Crippen LogP contribution in [-0.4, -0.2) is 12.5 Å². The number of piperidine rings is 1. The van der Waals surface area contributed by atoms with Gasteiger partial charge in [-0.2, -0.15) is 0 Å². The third-order valence-corrected chi connectivity index (χ3v) is 5.75. The van der Waals surface area contributed by atoms with Gasteiger partial charge >= 0.3 is 0 Å². The lowest BCUT2D eigenvalue weighted by Crippen LogP contribution is -2.45. The van der Waals surface area contributed by atoms with Crippen molar-refractivity contribution < 1.29 is 4.79 Å². The zero-order chi connectivity index (χ0) is 18.9. The van der Waals surface area contributed by atoms with Crippen molar-refractivity contribution in [2.24, 2.45) is 0 Å². The van der Waals surface area contributed by atoms with Gasteiger partial charge in [0.2, 0.25) is 5.91 Å². The Morgan fingerprint density at radius 3 is 2.30 bits per heavy atom. The van der Waals surface area contributed by atoms with E-state index < -0.39 is 0 Å². The van der Waals surface area contributed by atoms with E-state index in [0.29, 0.717) is 11.4 Å². The Kier molecular flexibility index (Phi) is 4.75. The van der Waals surface area contributed by atoms with Gasteiger partial charge in [-0.25, -0.2) is 0 Å². The van der Waals surface area contributed by atoms with Crippen molar-refractivity contribution in [3.8, 4) is 11.1 Å². The Labute approximate surface area is 165 Å². The molecular weight excluding hydrogens is 354 g/mol. The largest absolute Gasteiger partial charge is 0.312 e. The van der Waals surface area contributed by atoms with Crippen LogP contribution in [0.3, 0.4) is 0 Å². The quantitative estimate of drug-likeness (QED) is 0.542. The second kappa shape index (κ2) is 7.21. The first-order chi connectivity index (χ1) is 13.0. The van der Waals surface area contributed by atoms with Crippen LogP contribution in [0.25, 0.3) is 11.1 Å². The highest BCUT2D eigenvalue weighted by molar-refractivity contribution is 6.30. The number of hydrogen-bond acceptors (Lipinski definition) is 1. The summed E-state index contributed by atoms with van der Waals surface area (Å²) in [6, 6.07) is 26.3. The van der Waals surface area contributed by atoms with Crippen LogP contribution in [0.2, 0.25) is 5.02 Å². The number of carbonyl (C=O) groups excluding carboxylic acids is 1. The second-order valence-electron chi connectivity index (χ2n) is 7.46. The average Bonchev–Trinajstić information content (AvgIpc) is 2.69. The predicted octanol–water partition coefficient (Wildman–Crippen LogP) is 6.09. The van der Waals surface area contributed by atoms with Gasteiger partial charge in [0.1, 0.15) is 0 Å². The maximum atomic E-state index is 13.0. The predicted molar refractivity (Wildman–Crippen MR) is 112 cm³/mol. The van der Waals surface area contributed by atoms with Crippen molar-refractivity contribution in [1.82, 2.24) is 0 Å². The molecule has 0 bridgehead atoms. The van der Waals surface area contributed by atoms with Crippen LogP contribution in [0.15, 0.2) is 78.9 Å². The summed E-state index contributed by atoms with van der Waals surface area (Å²) in [5.41, 5.74) is 4.22.